The molecule has 0 radical (unpaired) electrons. The van der Waals surface area contributed by atoms with Crippen LogP contribution in [0.2, 0.25) is 0 Å². The Labute approximate surface area is 105 Å². The van der Waals surface area contributed by atoms with E-state index < -0.39 is 0 Å². The van der Waals surface area contributed by atoms with Gasteiger partial charge >= 0.3 is 0 Å². The van der Waals surface area contributed by atoms with Gasteiger partial charge in [0.05, 0.1) is 6.10 Å². The minimum Gasteiger partial charge on any atom is -0.374 e. The van der Waals surface area contributed by atoms with Gasteiger partial charge in [-0.1, -0.05) is 33.1 Å². The van der Waals surface area contributed by atoms with Gasteiger partial charge in [-0.3, -0.25) is 4.79 Å². The monoisotopic (exact) mass is 242 g/mol. The summed E-state index contributed by atoms with van der Waals surface area (Å²) in [6.45, 7) is 7.69. The molecular weight excluding hydrogens is 216 g/mol. The van der Waals surface area contributed by atoms with Gasteiger partial charge < -0.3 is 9.47 Å². The highest BCUT2D eigenvalue weighted by Crippen LogP contribution is 2.24. The summed E-state index contributed by atoms with van der Waals surface area (Å²) in [5, 5.41) is 0. The largest absolute Gasteiger partial charge is 0.374 e. The first-order valence-corrected chi connectivity index (χ1v) is 6.98. The van der Waals surface area contributed by atoms with Gasteiger partial charge in [0.15, 0.2) is 5.78 Å². The Morgan fingerprint density at radius 3 is 2.59 bits per heavy atom. The fourth-order valence-electron chi connectivity index (χ4n) is 2.15. The van der Waals surface area contributed by atoms with Gasteiger partial charge in [-0.15, -0.1) is 0 Å². The standard InChI is InChI=1S/C14H26O3/c1-4-7-8-11(5-2)10-17-13-9-12(15)14(13)16-6-3/h11,13-14H,4-10H2,1-3H3. The Kier molecular flexibility index (Phi) is 6.75. The van der Waals surface area contributed by atoms with Crippen LogP contribution in [0.3, 0.4) is 0 Å². The number of carbonyl (C=O) groups excluding carboxylic acids is 1. The van der Waals surface area contributed by atoms with Crippen molar-refractivity contribution in [1.29, 1.82) is 0 Å². The lowest BCUT2D eigenvalue weighted by atomic mass is 9.89. The number of rotatable bonds is 9. The van der Waals surface area contributed by atoms with Crippen LogP contribution in [0.25, 0.3) is 0 Å². The van der Waals surface area contributed by atoms with E-state index in [0.29, 0.717) is 18.9 Å². The van der Waals surface area contributed by atoms with Crippen LogP contribution in [0, 0.1) is 5.92 Å². The first kappa shape index (κ1) is 14.7. The molecule has 0 spiro atoms. The Morgan fingerprint density at radius 2 is 2.06 bits per heavy atom. The van der Waals surface area contributed by atoms with Crippen molar-refractivity contribution in [3.8, 4) is 0 Å². The highest BCUT2D eigenvalue weighted by atomic mass is 16.5. The molecule has 0 aromatic heterocycles. The number of ketones is 1. The molecule has 1 aliphatic carbocycles. The van der Waals surface area contributed by atoms with Crippen LogP contribution in [-0.4, -0.2) is 31.2 Å². The molecule has 0 bridgehead atoms. The second kappa shape index (κ2) is 7.83. The molecule has 3 unspecified atom stereocenters. The van der Waals surface area contributed by atoms with Crippen molar-refractivity contribution in [3.05, 3.63) is 0 Å². The Morgan fingerprint density at radius 1 is 1.29 bits per heavy atom. The number of hydrogen-bond acceptors (Lipinski definition) is 3. The van der Waals surface area contributed by atoms with Crippen LogP contribution in [0.15, 0.2) is 0 Å². The normalized spacial score (nSPS) is 25.7. The molecule has 1 saturated carbocycles. The molecule has 3 heteroatoms. The van der Waals surface area contributed by atoms with Gasteiger partial charge in [-0.2, -0.15) is 0 Å². The van der Waals surface area contributed by atoms with Gasteiger partial charge in [0, 0.05) is 19.6 Å². The Hall–Kier alpha value is -0.410. The van der Waals surface area contributed by atoms with Crippen LogP contribution < -0.4 is 0 Å². The average molecular weight is 242 g/mol. The molecule has 3 nitrogen and oxygen atoms in total. The molecule has 0 aromatic carbocycles. The SMILES string of the molecule is CCCCC(CC)COC1CC(=O)C1OCC. The molecule has 0 aliphatic heterocycles. The van der Waals surface area contributed by atoms with E-state index in [1.54, 1.807) is 0 Å². The third-order valence-electron chi connectivity index (χ3n) is 3.49. The van der Waals surface area contributed by atoms with Crippen LogP contribution in [0.4, 0.5) is 0 Å². The summed E-state index contributed by atoms with van der Waals surface area (Å²) in [4.78, 5) is 11.3. The molecular formula is C14H26O3. The maximum absolute atomic E-state index is 11.3. The molecule has 1 fully saturated rings. The number of unbranched alkanes of at least 4 members (excludes halogenated alkanes) is 1. The quantitative estimate of drug-likeness (QED) is 0.623. The molecule has 0 aromatic rings. The van der Waals surface area contributed by atoms with E-state index in [1.807, 2.05) is 6.92 Å². The first-order valence-electron chi connectivity index (χ1n) is 6.98. The van der Waals surface area contributed by atoms with E-state index in [2.05, 4.69) is 13.8 Å². The summed E-state index contributed by atoms with van der Waals surface area (Å²) in [6, 6.07) is 0. The first-order chi connectivity index (χ1) is 8.22. The summed E-state index contributed by atoms with van der Waals surface area (Å²) in [6.07, 6.45) is 5.14. The number of carbonyl (C=O) groups is 1. The Balaban J connectivity index is 2.22. The van der Waals surface area contributed by atoms with Gasteiger partial charge in [-0.25, -0.2) is 0 Å². The van der Waals surface area contributed by atoms with Crippen molar-refractivity contribution in [3.63, 3.8) is 0 Å². The summed E-state index contributed by atoms with van der Waals surface area (Å²) < 4.78 is 11.2. The smallest absolute Gasteiger partial charge is 0.166 e. The predicted molar refractivity (Wildman–Crippen MR) is 68.1 cm³/mol. The lowest BCUT2D eigenvalue weighted by Crippen LogP contribution is -2.50. The van der Waals surface area contributed by atoms with Crippen molar-refractivity contribution in [2.45, 2.75) is 65.1 Å². The second-order valence-electron chi connectivity index (χ2n) is 4.83. The second-order valence-corrected chi connectivity index (χ2v) is 4.83. The molecule has 17 heavy (non-hydrogen) atoms. The lowest BCUT2D eigenvalue weighted by molar-refractivity contribution is -0.167. The van der Waals surface area contributed by atoms with Crippen molar-refractivity contribution < 1.29 is 14.3 Å². The summed E-state index contributed by atoms with van der Waals surface area (Å²) in [5.74, 6) is 0.825. The number of hydrogen-bond donors (Lipinski definition) is 0. The highest BCUT2D eigenvalue weighted by Gasteiger charge is 2.41. The van der Waals surface area contributed by atoms with Crippen LogP contribution in [0.5, 0.6) is 0 Å². The van der Waals surface area contributed by atoms with Crippen molar-refractivity contribution in [2.75, 3.05) is 13.2 Å². The fourth-order valence-corrected chi connectivity index (χ4v) is 2.15. The van der Waals surface area contributed by atoms with E-state index >= 15 is 0 Å². The molecule has 1 aliphatic rings. The molecule has 1 rings (SSSR count). The third-order valence-corrected chi connectivity index (χ3v) is 3.49. The molecule has 0 N–H and O–H groups in total. The minimum atomic E-state index is -0.288. The van der Waals surface area contributed by atoms with E-state index in [1.165, 1.54) is 19.3 Å². The number of Topliss-reactive ketones (excluding diaryl/α,β-unsaturated/α-hetero) is 1. The molecule has 100 valence electrons. The van der Waals surface area contributed by atoms with Crippen molar-refractivity contribution in [2.24, 2.45) is 5.92 Å². The van der Waals surface area contributed by atoms with Crippen molar-refractivity contribution >= 4 is 5.78 Å². The Bertz CT molecular complexity index is 228. The molecule has 0 saturated heterocycles. The molecule has 0 heterocycles. The maximum Gasteiger partial charge on any atom is 0.166 e. The van der Waals surface area contributed by atoms with Crippen LogP contribution >= 0.6 is 0 Å². The third kappa shape index (κ3) is 4.40. The zero-order valence-electron chi connectivity index (χ0n) is 11.4. The summed E-state index contributed by atoms with van der Waals surface area (Å²) in [5.41, 5.74) is 0. The van der Waals surface area contributed by atoms with Gasteiger partial charge in [0.25, 0.3) is 0 Å². The van der Waals surface area contributed by atoms with E-state index in [-0.39, 0.29) is 18.0 Å². The summed E-state index contributed by atoms with van der Waals surface area (Å²) >= 11 is 0. The van der Waals surface area contributed by atoms with Crippen LogP contribution in [-0.2, 0) is 14.3 Å². The van der Waals surface area contributed by atoms with E-state index in [0.717, 1.165) is 13.0 Å². The van der Waals surface area contributed by atoms with Crippen molar-refractivity contribution in [1.82, 2.24) is 0 Å². The predicted octanol–water partition coefficient (Wildman–Crippen LogP) is 2.97. The highest BCUT2D eigenvalue weighted by molar-refractivity contribution is 5.90. The van der Waals surface area contributed by atoms with Gasteiger partial charge in [-0.05, 0) is 19.3 Å². The average Bonchev–Trinajstić information content (AvgIpc) is 2.34. The zero-order valence-corrected chi connectivity index (χ0v) is 11.4. The van der Waals surface area contributed by atoms with E-state index in [4.69, 9.17) is 9.47 Å². The fraction of sp³-hybridized carbons (Fsp3) is 0.929. The summed E-state index contributed by atoms with van der Waals surface area (Å²) in [7, 11) is 0. The topological polar surface area (TPSA) is 35.5 Å². The van der Waals surface area contributed by atoms with E-state index in [9.17, 15) is 4.79 Å². The molecule has 3 atom stereocenters. The minimum absolute atomic E-state index is 0.0122. The maximum atomic E-state index is 11.3. The van der Waals surface area contributed by atoms with Crippen LogP contribution in [0.1, 0.15) is 52.9 Å². The molecule has 0 amide bonds. The van der Waals surface area contributed by atoms with Gasteiger partial charge in [0.2, 0.25) is 0 Å². The number of ether oxygens (including phenoxy) is 2. The lowest BCUT2D eigenvalue weighted by Gasteiger charge is -2.35. The zero-order chi connectivity index (χ0) is 12.7. The van der Waals surface area contributed by atoms with Gasteiger partial charge in [0.1, 0.15) is 6.10 Å².